The van der Waals surface area contributed by atoms with Crippen molar-refractivity contribution in [1.82, 2.24) is 9.80 Å². The first kappa shape index (κ1) is 17.0. The second kappa shape index (κ2) is 8.29. The summed E-state index contributed by atoms with van der Waals surface area (Å²) in [5, 5.41) is 9.45. The number of furan rings is 1. The molecule has 0 spiro atoms. The van der Waals surface area contributed by atoms with Gasteiger partial charge in [-0.15, -0.1) is 0 Å². The van der Waals surface area contributed by atoms with E-state index in [2.05, 4.69) is 28.9 Å². The average Bonchev–Trinajstić information content (AvgIpc) is 3.10. The maximum absolute atomic E-state index is 9.45. The molecule has 0 aliphatic carbocycles. The predicted molar refractivity (Wildman–Crippen MR) is 96.4 cm³/mol. The van der Waals surface area contributed by atoms with Crippen LogP contribution in [-0.4, -0.2) is 47.6 Å². The first-order chi connectivity index (χ1) is 11.7. The summed E-state index contributed by atoms with van der Waals surface area (Å²) in [5.41, 5.74) is 3.60. The molecular formula is C20H26N2O2. The van der Waals surface area contributed by atoms with E-state index in [9.17, 15) is 5.11 Å². The van der Waals surface area contributed by atoms with Crippen molar-refractivity contribution in [2.45, 2.75) is 20.1 Å². The van der Waals surface area contributed by atoms with E-state index in [0.29, 0.717) is 0 Å². The fourth-order valence-corrected chi connectivity index (χ4v) is 3.23. The van der Waals surface area contributed by atoms with Crippen molar-refractivity contribution in [3.05, 3.63) is 65.1 Å². The molecule has 1 saturated heterocycles. The second-order valence-corrected chi connectivity index (χ2v) is 6.49. The number of aliphatic hydroxyl groups excluding tert-OH is 1. The minimum Gasteiger partial charge on any atom is -0.465 e. The summed E-state index contributed by atoms with van der Waals surface area (Å²) in [7, 11) is 0. The van der Waals surface area contributed by atoms with Crippen LogP contribution < -0.4 is 0 Å². The fourth-order valence-electron chi connectivity index (χ4n) is 3.23. The van der Waals surface area contributed by atoms with Crippen molar-refractivity contribution < 1.29 is 9.52 Å². The lowest BCUT2D eigenvalue weighted by Gasteiger charge is -2.35. The summed E-state index contributed by atoms with van der Waals surface area (Å²) in [6.07, 6.45) is 3.83. The molecule has 0 bridgehead atoms. The van der Waals surface area contributed by atoms with Crippen molar-refractivity contribution in [3.8, 4) is 0 Å². The number of aliphatic hydroxyl groups is 1. The predicted octanol–water partition coefficient (Wildman–Crippen LogP) is 2.99. The summed E-state index contributed by atoms with van der Waals surface area (Å²) in [6.45, 7) is 8.46. The minimum absolute atomic E-state index is 0.118. The van der Waals surface area contributed by atoms with Crippen LogP contribution in [0, 0.1) is 0 Å². The zero-order valence-electron chi connectivity index (χ0n) is 14.3. The molecule has 1 aliphatic heterocycles. The van der Waals surface area contributed by atoms with Crippen molar-refractivity contribution >= 4 is 6.08 Å². The monoisotopic (exact) mass is 326 g/mol. The Hall–Kier alpha value is -1.88. The highest BCUT2D eigenvalue weighted by molar-refractivity contribution is 5.46. The van der Waals surface area contributed by atoms with Crippen LogP contribution in [0.4, 0.5) is 0 Å². The van der Waals surface area contributed by atoms with E-state index in [4.69, 9.17) is 4.42 Å². The number of nitrogens with zero attached hydrogens (tertiary/aromatic N) is 2. The van der Waals surface area contributed by atoms with Gasteiger partial charge in [-0.25, -0.2) is 0 Å². The molecule has 1 aromatic heterocycles. The van der Waals surface area contributed by atoms with Gasteiger partial charge in [0, 0.05) is 39.3 Å². The SMILES string of the molecule is C/C(=C\c1ccco1)CN1CCN(Cc2ccccc2CO)CC1. The van der Waals surface area contributed by atoms with Crippen molar-refractivity contribution in [3.63, 3.8) is 0 Å². The van der Waals surface area contributed by atoms with Crippen LogP contribution >= 0.6 is 0 Å². The van der Waals surface area contributed by atoms with Crippen LogP contribution in [-0.2, 0) is 13.2 Å². The third-order valence-electron chi connectivity index (χ3n) is 4.55. The molecule has 1 aliphatic rings. The second-order valence-electron chi connectivity index (χ2n) is 6.49. The van der Waals surface area contributed by atoms with E-state index < -0.39 is 0 Å². The molecule has 0 radical (unpaired) electrons. The van der Waals surface area contributed by atoms with Crippen molar-refractivity contribution in [2.24, 2.45) is 0 Å². The summed E-state index contributed by atoms with van der Waals surface area (Å²) < 4.78 is 5.38. The molecule has 0 unspecified atom stereocenters. The Labute approximate surface area is 144 Å². The molecule has 4 heteroatoms. The maximum Gasteiger partial charge on any atom is 0.126 e. The Kier molecular flexibility index (Phi) is 5.86. The molecule has 24 heavy (non-hydrogen) atoms. The molecule has 2 aromatic rings. The van der Waals surface area contributed by atoms with Crippen LogP contribution in [0.25, 0.3) is 6.08 Å². The van der Waals surface area contributed by atoms with Gasteiger partial charge in [-0.1, -0.05) is 29.8 Å². The zero-order valence-corrected chi connectivity index (χ0v) is 14.3. The Morgan fingerprint density at radius 1 is 1.04 bits per heavy atom. The molecule has 1 N–H and O–H groups in total. The average molecular weight is 326 g/mol. The van der Waals surface area contributed by atoms with Gasteiger partial charge in [-0.3, -0.25) is 9.80 Å². The van der Waals surface area contributed by atoms with E-state index in [1.54, 1.807) is 6.26 Å². The number of piperazine rings is 1. The van der Waals surface area contributed by atoms with Gasteiger partial charge in [0.15, 0.2) is 0 Å². The van der Waals surface area contributed by atoms with Crippen LogP contribution in [0.5, 0.6) is 0 Å². The number of hydrogen-bond donors (Lipinski definition) is 1. The highest BCUT2D eigenvalue weighted by atomic mass is 16.3. The summed E-state index contributed by atoms with van der Waals surface area (Å²) >= 11 is 0. The normalized spacial score (nSPS) is 17.3. The van der Waals surface area contributed by atoms with Gasteiger partial charge in [0.05, 0.1) is 12.9 Å². The van der Waals surface area contributed by atoms with Crippen LogP contribution in [0.2, 0.25) is 0 Å². The summed E-state index contributed by atoms with van der Waals surface area (Å²) in [5.74, 6) is 0.923. The lowest BCUT2D eigenvalue weighted by molar-refractivity contribution is 0.134. The maximum atomic E-state index is 9.45. The van der Waals surface area contributed by atoms with E-state index in [0.717, 1.165) is 50.6 Å². The molecule has 0 atom stereocenters. The Bertz CT molecular complexity index is 656. The Morgan fingerprint density at radius 2 is 1.75 bits per heavy atom. The van der Waals surface area contributed by atoms with E-state index in [-0.39, 0.29) is 6.61 Å². The molecule has 3 rings (SSSR count). The third kappa shape index (κ3) is 4.57. The van der Waals surface area contributed by atoms with E-state index in [1.807, 2.05) is 30.3 Å². The smallest absolute Gasteiger partial charge is 0.126 e. The molecule has 0 amide bonds. The van der Waals surface area contributed by atoms with Crippen molar-refractivity contribution in [1.29, 1.82) is 0 Å². The van der Waals surface area contributed by atoms with Gasteiger partial charge in [0.2, 0.25) is 0 Å². The quantitative estimate of drug-likeness (QED) is 0.886. The van der Waals surface area contributed by atoms with Crippen LogP contribution in [0.15, 0.2) is 52.7 Å². The van der Waals surface area contributed by atoms with Gasteiger partial charge in [0.25, 0.3) is 0 Å². The van der Waals surface area contributed by atoms with Crippen molar-refractivity contribution in [2.75, 3.05) is 32.7 Å². The first-order valence-corrected chi connectivity index (χ1v) is 8.57. The molecule has 2 heterocycles. The number of hydrogen-bond acceptors (Lipinski definition) is 4. The van der Waals surface area contributed by atoms with E-state index in [1.165, 1.54) is 11.1 Å². The fraction of sp³-hybridized carbons (Fsp3) is 0.400. The molecule has 1 fully saturated rings. The van der Waals surface area contributed by atoms with Gasteiger partial charge >= 0.3 is 0 Å². The van der Waals surface area contributed by atoms with Gasteiger partial charge in [-0.05, 0) is 36.3 Å². The summed E-state index contributed by atoms with van der Waals surface area (Å²) in [4.78, 5) is 4.96. The molecule has 128 valence electrons. The molecule has 0 saturated carbocycles. The standard InChI is InChI=1S/C20H26N2O2/c1-17(13-20-7-4-12-24-20)14-21-8-10-22(11-9-21)15-18-5-2-3-6-19(18)16-23/h2-7,12-13,23H,8-11,14-16H2,1H3/b17-13+. The minimum atomic E-state index is 0.118. The molecular weight excluding hydrogens is 300 g/mol. The van der Waals surface area contributed by atoms with Gasteiger partial charge < -0.3 is 9.52 Å². The van der Waals surface area contributed by atoms with Gasteiger partial charge in [0.1, 0.15) is 5.76 Å². The van der Waals surface area contributed by atoms with E-state index >= 15 is 0 Å². The van der Waals surface area contributed by atoms with Gasteiger partial charge in [-0.2, -0.15) is 0 Å². The summed E-state index contributed by atoms with van der Waals surface area (Å²) in [6, 6.07) is 12.1. The highest BCUT2D eigenvalue weighted by Gasteiger charge is 2.17. The molecule has 4 nitrogen and oxygen atoms in total. The third-order valence-corrected chi connectivity index (χ3v) is 4.55. The lowest BCUT2D eigenvalue weighted by Crippen LogP contribution is -2.46. The van der Waals surface area contributed by atoms with Crippen LogP contribution in [0.3, 0.4) is 0 Å². The number of rotatable bonds is 6. The number of benzene rings is 1. The molecule has 1 aromatic carbocycles. The first-order valence-electron chi connectivity index (χ1n) is 8.57. The topological polar surface area (TPSA) is 39.9 Å². The lowest BCUT2D eigenvalue weighted by atomic mass is 10.1. The Balaban J connectivity index is 1.49. The largest absolute Gasteiger partial charge is 0.465 e. The Morgan fingerprint density at radius 3 is 2.42 bits per heavy atom. The highest BCUT2D eigenvalue weighted by Crippen LogP contribution is 2.15. The van der Waals surface area contributed by atoms with Crippen LogP contribution in [0.1, 0.15) is 23.8 Å². The zero-order chi connectivity index (χ0) is 16.8.